The highest BCUT2D eigenvalue weighted by molar-refractivity contribution is 9.11. The van der Waals surface area contributed by atoms with E-state index in [2.05, 4.69) is 56.4 Å². The number of ether oxygens (including phenoxy) is 2. The van der Waals surface area contributed by atoms with Crippen LogP contribution < -0.4 is 4.74 Å². The van der Waals surface area contributed by atoms with Crippen molar-refractivity contribution < 1.29 is 13.9 Å². The first-order valence-corrected chi connectivity index (χ1v) is 12.0. The molecular formula is C19H31BrO3Si. The van der Waals surface area contributed by atoms with E-state index in [1.165, 1.54) is 0 Å². The molecule has 0 aliphatic rings. The van der Waals surface area contributed by atoms with Gasteiger partial charge in [-0.3, -0.25) is 0 Å². The number of methoxy groups -OCH3 is 1. The third-order valence-corrected chi connectivity index (χ3v) is 9.35. The van der Waals surface area contributed by atoms with E-state index in [4.69, 9.17) is 13.9 Å². The van der Waals surface area contributed by atoms with E-state index in [1.807, 2.05) is 24.3 Å². The van der Waals surface area contributed by atoms with E-state index in [9.17, 15) is 0 Å². The maximum absolute atomic E-state index is 6.31. The smallest absolute Gasteiger partial charge is 0.192 e. The van der Waals surface area contributed by atoms with Gasteiger partial charge in [0.25, 0.3) is 0 Å². The molecule has 0 unspecified atom stereocenters. The van der Waals surface area contributed by atoms with Gasteiger partial charge in [0.1, 0.15) is 5.75 Å². The zero-order valence-electron chi connectivity index (χ0n) is 15.8. The van der Waals surface area contributed by atoms with Gasteiger partial charge in [0.15, 0.2) is 8.32 Å². The van der Waals surface area contributed by atoms with Crippen LogP contribution in [0.3, 0.4) is 0 Å². The van der Waals surface area contributed by atoms with Crippen molar-refractivity contribution in [3.8, 4) is 5.75 Å². The van der Waals surface area contributed by atoms with E-state index in [-0.39, 0.29) is 11.1 Å². The minimum Gasteiger partial charge on any atom is -0.497 e. The second kappa shape index (κ2) is 9.18. The molecule has 0 fully saturated rings. The molecule has 24 heavy (non-hydrogen) atoms. The zero-order valence-corrected chi connectivity index (χ0v) is 18.4. The van der Waals surface area contributed by atoms with Crippen molar-refractivity contribution in [1.82, 2.24) is 0 Å². The van der Waals surface area contributed by atoms with Gasteiger partial charge in [0.05, 0.1) is 26.4 Å². The minimum atomic E-state index is -1.78. The van der Waals surface area contributed by atoms with Crippen LogP contribution in [-0.2, 0) is 15.8 Å². The van der Waals surface area contributed by atoms with Crippen LogP contribution in [0.4, 0.5) is 0 Å². The average molecular weight is 415 g/mol. The maximum Gasteiger partial charge on any atom is 0.192 e. The molecule has 3 nitrogen and oxygen atoms in total. The van der Waals surface area contributed by atoms with Crippen molar-refractivity contribution in [1.29, 1.82) is 0 Å². The molecule has 5 heteroatoms. The molecular weight excluding hydrogens is 384 g/mol. The summed E-state index contributed by atoms with van der Waals surface area (Å²) in [6, 6.07) is 7.94. The topological polar surface area (TPSA) is 27.7 Å². The first-order valence-electron chi connectivity index (χ1n) is 8.27. The van der Waals surface area contributed by atoms with Crippen LogP contribution in [-0.4, -0.2) is 28.1 Å². The van der Waals surface area contributed by atoms with E-state index < -0.39 is 8.32 Å². The van der Waals surface area contributed by atoms with Crippen LogP contribution in [0, 0.1) is 0 Å². The van der Waals surface area contributed by atoms with Crippen LogP contribution in [0.2, 0.25) is 18.1 Å². The molecule has 1 atom stereocenters. The predicted molar refractivity (Wildman–Crippen MR) is 107 cm³/mol. The van der Waals surface area contributed by atoms with Crippen molar-refractivity contribution in [3.05, 3.63) is 40.9 Å². The van der Waals surface area contributed by atoms with Crippen molar-refractivity contribution in [2.45, 2.75) is 58.0 Å². The maximum atomic E-state index is 6.31. The fourth-order valence-corrected chi connectivity index (χ4v) is 3.26. The molecule has 0 bridgehead atoms. The second-order valence-electron chi connectivity index (χ2n) is 7.57. The van der Waals surface area contributed by atoms with Gasteiger partial charge in [-0.05, 0) is 40.3 Å². The lowest BCUT2D eigenvalue weighted by Gasteiger charge is -2.37. The summed E-state index contributed by atoms with van der Waals surface area (Å²) in [4.78, 5) is 0. The first-order chi connectivity index (χ1) is 11.0. The Morgan fingerprint density at radius 1 is 1.21 bits per heavy atom. The SMILES string of the molecule is C=C(Br)C[C@@H](CO[Si](C)(C)C(C)(C)C)OCc1ccc(OC)cc1. The summed E-state index contributed by atoms with van der Waals surface area (Å²) < 4.78 is 18.5. The summed E-state index contributed by atoms with van der Waals surface area (Å²) in [5, 5.41) is 0.193. The molecule has 1 rings (SSSR count). The lowest BCUT2D eigenvalue weighted by molar-refractivity contribution is 0.00775. The Morgan fingerprint density at radius 3 is 2.25 bits per heavy atom. The molecule has 0 aromatic heterocycles. The Balaban J connectivity index is 2.63. The molecule has 0 saturated heterocycles. The fraction of sp³-hybridized carbons (Fsp3) is 0.579. The summed E-state index contributed by atoms with van der Waals surface area (Å²) in [7, 11) is -0.113. The quantitative estimate of drug-likeness (QED) is 0.470. The number of rotatable bonds is 9. The normalized spacial score (nSPS) is 13.6. The van der Waals surface area contributed by atoms with Gasteiger partial charge in [-0.25, -0.2) is 0 Å². The number of halogens is 1. The molecule has 0 aliphatic heterocycles. The molecule has 0 heterocycles. The molecule has 0 amide bonds. The van der Waals surface area contributed by atoms with Gasteiger partial charge < -0.3 is 13.9 Å². The standard InChI is InChI=1S/C19H31BrO3Si/c1-15(20)12-18(14-23-24(6,7)19(2,3)4)22-13-16-8-10-17(21-5)11-9-16/h8-11,18H,1,12-14H2,2-7H3/t18-/m0/s1. The molecule has 0 saturated carbocycles. The average Bonchev–Trinajstić information content (AvgIpc) is 2.49. The molecule has 0 spiro atoms. The molecule has 1 aromatic rings. The summed E-state index contributed by atoms with van der Waals surface area (Å²) in [5.41, 5.74) is 1.12. The van der Waals surface area contributed by atoms with Gasteiger partial charge in [-0.1, -0.05) is 55.4 Å². The number of hydrogen-bond donors (Lipinski definition) is 0. The zero-order chi connectivity index (χ0) is 18.4. The molecule has 1 aromatic carbocycles. The van der Waals surface area contributed by atoms with Crippen LogP contribution in [0.5, 0.6) is 5.75 Å². The third kappa shape index (κ3) is 7.09. The van der Waals surface area contributed by atoms with Crippen LogP contribution in [0.1, 0.15) is 32.8 Å². The Kier molecular flexibility index (Phi) is 8.19. The number of benzene rings is 1. The van der Waals surface area contributed by atoms with Crippen molar-refractivity contribution >= 4 is 24.2 Å². The molecule has 0 N–H and O–H groups in total. The Labute approximate surface area is 156 Å². The van der Waals surface area contributed by atoms with E-state index >= 15 is 0 Å². The van der Waals surface area contributed by atoms with Gasteiger partial charge in [0, 0.05) is 6.42 Å². The van der Waals surface area contributed by atoms with Crippen LogP contribution in [0.25, 0.3) is 0 Å². The van der Waals surface area contributed by atoms with Crippen LogP contribution >= 0.6 is 15.9 Å². The first kappa shape index (κ1) is 21.4. The highest BCUT2D eigenvalue weighted by Gasteiger charge is 2.37. The second-order valence-corrected chi connectivity index (χ2v) is 13.5. The Hall–Kier alpha value is -0.623. The van der Waals surface area contributed by atoms with E-state index in [0.717, 1.165) is 22.2 Å². The van der Waals surface area contributed by atoms with Crippen molar-refractivity contribution in [3.63, 3.8) is 0 Å². The molecule has 0 aliphatic carbocycles. The Bertz CT molecular complexity index is 520. The highest BCUT2D eigenvalue weighted by Crippen LogP contribution is 2.36. The number of hydrogen-bond acceptors (Lipinski definition) is 3. The molecule has 136 valence electrons. The third-order valence-electron chi connectivity index (χ3n) is 4.53. The minimum absolute atomic E-state index is 0.00639. The fourth-order valence-electron chi connectivity index (χ4n) is 1.87. The van der Waals surface area contributed by atoms with Crippen molar-refractivity contribution in [2.75, 3.05) is 13.7 Å². The lowest BCUT2D eigenvalue weighted by atomic mass is 10.2. The Morgan fingerprint density at radius 2 is 1.79 bits per heavy atom. The van der Waals surface area contributed by atoms with Gasteiger partial charge >= 0.3 is 0 Å². The highest BCUT2D eigenvalue weighted by atomic mass is 79.9. The summed E-state index contributed by atoms with van der Waals surface area (Å²) in [5.74, 6) is 0.852. The summed E-state index contributed by atoms with van der Waals surface area (Å²) in [6.45, 7) is 16.3. The summed E-state index contributed by atoms with van der Waals surface area (Å²) in [6.07, 6.45) is 0.734. The predicted octanol–water partition coefficient (Wildman–Crippen LogP) is 5.90. The van der Waals surface area contributed by atoms with E-state index in [0.29, 0.717) is 13.2 Å². The van der Waals surface area contributed by atoms with E-state index in [1.54, 1.807) is 7.11 Å². The lowest BCUT2D eigenvalue weighted by Crippen LogP contribution is -2.43. The van der Waals surface area contributed by atoms with Gasteiger partial charge in [0.2, 0.25) is 0 Å². The summed E-state index contributed by atoms with van der Waals surface area (Å²) >= 11 is 3.44. The molecule has 0 radical (unpaired) electrons. The monoisotopic (exact) mass is 414 g/mol. The largest absolute Gasteiger partial charge is 0.497 e. The van der Waals surface area contributed by atoms with Crippen LogP contribution in [0.15, 0.2) is 35.3 Å². The van der Waals surface area contributed by atoms with Gasteiger partial charge in [-0.2, -0.15) is 0 Å². The van der Waals surface area contributed by atoms with Gasteiger partial charge in [-0.15, -0.1) is 0 Å². The van der Waals surface area contributed by atoms with Crippen molar-refractivity contribution in [2.24, 2.45) is 0 Å².